The van der Waals surface area contributed by atoms with Gasteiger partial charge in [-0.2, -0.15) is 4.98 Å². The van der Waals surface area contributed by atoms with Crippen molar-refractivity contribution >= 4 is 40.4 Å². The van der Waals surface area contributed by atoms with E-state index in [0.717, 1.165) is 12.1 Å². The molecule has 0 fully saturated rings. The van der Waals surface area contributed by atoms with Gasteiger partial charge in [0.1, 0.15) is 11.5 Å². The summed E-state index contributed by atoms with van der Waals surface area (Å²) in [4.78, 5) is 20.1. The Morgan fingerprint density at radius 2 is 1.86 bits per heavy atom. The van der Waals surface area contributed by atoms with Gasteiger partial charge in [-0.3, -0.25) is 10.2 Å². The Balaban J connectivity index is 1.80. The fourth-order valence-corrected chi connectivity index (χ4v) is 2.34. The lowest BCUT2D eigenvalue weighted by molar-refractivity contribution is -0.110. The second-order valence-electron chi connectivity index (χ2n) is 5.72. The number of nitrogen functional groups attached to an aromatic ring is 2. The monoisotopic (exact) mass is 381 g/mol. The molecule has 10 heteroatoms. The third kappa shape index (κ3) is 4.12. The third-order valence-electron chi connectivity index (χ3n) is 3.70. The van der Waals surface area contributed by atoms with Crippen molar-refractivity contribution in [2.75, 3.05) is 22.1 Å². The molecule has 3 rings (SSSR count). The van der Waals surface area contributed by atoms with Crippen molar-refractivity contribution in [2.45, 2.75) is 0 Å². The summed E-state index contributed by atoms with van der Waals surface area (Å²) in [6.07, 6.45) is 1.48. The van der Waals surface area contributed by atoms with Crippen LogP contribution < -0.4 is 22.1 Å². The van der Waals surface area contributed by atoms with Crippen molar-refractivity contribution in [3.8, 4) is 5.75 Å². The molecular weight excluding hydrogens is 365 g/mol. The lowest BCUT2D eigenvalue weighted by Gasteiger charge is -2.12. The molecule has 142 valence electrons. The number of amides is 1. The number of carbonyl (C=O) groups excluding carboxylic acids is 1. The molecule has 9 nitrogen and oxygen atoms in total. The number of anilines is 5. The number of halogens is 1. The van der Waals surface area contributed by atoms with Crippen LogP contribution in [0, 0.1) is 11.2 Å². The first kappa shape index (κ1) is 18.6. The molecule has 0 unspecified atom stereocenters. The first-order valence-corrected chi connectivity index (χ1v) is 7.97. The molecule has 0 atom stereocenters. The molecule has 2 aromatic carbocycles. The number of nitrogens with zero attached hydrogens (tertiary/aromatic N) is 2. The highest BCUT2D eigenvalue weighted by Crippen LogP contribution is 2.23. The van der Waals surface area contributed by atoms with E-state index in [-0.39, 0.29) is 22.9 Å². The molecule has 28 heavy (non-hydrogen) atoms. The van der Waals surface area contributed by atoms with E-state index in [1.54, 1.807) is 12.1 Å². The third-order valence-corrected chi connectivity index (χ3v) is 3.70. The molecule has 8 N–H and O–H groups in total. The topological polar surface area (TPSA) is 163 Å². The van der Waals surface area contributed by atoms with E-state index in [0.29, 0.717) is 11.5 Å². The van der Waals surface area contributed by atoms with Gasteiger partial charge in [-0.25, -0.2) is 9.37 Å². The molecule has 0 saturated carbocycles. The molecule has 0 radical (unpaired) electrons. The normalized spacial score (nSPS) is 10.3. The molecule has 3 aromatic rings. The fourth-order valence-electron chi connectivity index (χ4n) is 2.34. The minimum Gasteiger partial charge on any atom is -0.505 e. The van der Waals surface area contributed by atoms with Crippen LogP contribution in [-0.2, 0) is 4.79 Å². The number of carbonyl (C=O) groups is 1. The van der Waals surface area contributed by atoms with Crippen LogP contribution in [0.4, 0.5) is 33.2 Å². The van der Waals surface area contributed by atoms with Crippen molar-refractivity contribution in [1.29, 1.82) is 5.41 Å². The van der Waals surface area contributed by atoms with Gasteiger partial charge >= 0.3 is 0 Å². The minimum absolute atomic E-state index is 0.0916. The van der Waals surface area contributed by atoms with E-state index in [4.69, 9.17) is 16.9 Å². The van der Waals surface area contributed by atoms with Gasteiger partial charge in [0.05, 0.1) is 0 Å². The largest absolute Gasteiger partial charge is 0.505 e. The van der Waals surface area contributed by atoms with Crippen LogP contribution >= 0.6 is 0 Å². The predicted octanol–water partition coefficient (Wildman–Crippen LogP) is 2.24. The van der Waals surface area contributed by atoms with Crippen LogP contribution in [0.1, 0.15) is 5.56 Å². The summed E-state index contributed by atoms with van der Waals surface area (Å²) in [6.45, 7) is 0. The maximum Gasteiger partial charge on any atom is 0.274 e. The molecule has 0 saturated heterocycles. The lowest BCUT2D eigenvalue weighted by atomic mass is 10.1. The Labute approximate surface area is 158 Å². The number of nitrogens with one attached hydrogen (secondary N) is 3. The van der Waals surface area contributed by atoms with Crippen molar-refractivity contribution in [2.24, 2.45) is 0 Å². The minimum atomic E-state index is -0.890. The summed E-state index contributed by atoms with van der Waals surface area (Å²) < 4.78 is 13.4. The van der Waals surface area contributed by atoms with Gasteiger partial charge in [0, 0.05) is 34.9 Å². The van der Waals surface area contributed by atoms with Crippen LogP contribution in [-0.4, -0.2) is 26.7 Å². The Bertz CT molecular complexity index is 1070. The average Bonchev–Trinajstić information content (AvgIpc) is 2.66. The van der Waals surface area contributed by atoms with Crippen molar-refractivity contribution in [1.82, 2.24) is 9.97 Å². The number of rotatable bonds is 5. The molecule has 0 aliphatic carbocycles. The van der Waals surface area contributed by atoms with Crippen LogP contribution in [0.25, 0.3) is 0 Å². The Kier molecular flexibility index (Phi) is 5.03. The fraction of sp³-hybridized carbons (Fsp3) is 0. The van der Waals surface area contributed by atoms with E-state index >= 15 is 0 Å². The zero-order valence-corrected chi connectivity index (χ0v) is 14.4. The van der Waals surface area contributed by atoms with Gasteiger partial charge in [0.15, 0.2) is 11.6 Å². The van der Waals surface area contributed by atoms with Gasteiger partial charge in [0.25, 0.3) is 5.91 Å². The van der Waals surface area contributed by atoms with E-state index in [1.165, 1.54) is 24.4 Å². The van der Waals surface area contributed by atoms with Gasteiger partial charge in [0.2, 0.25) is 5.95 Å². The zero-order chi connectivity index (χ0) is 20.3. The van der Waals surface area contributed by atoms with E-state index in [1.807, 2.05) is 0 Å². The van der Waals surface area contributed by atoms with Crippen molar-refractivity contribution in [3.05, 3.63) is 60.0 Å². The first-order valence-electron chi connectivity index (χ1n) is 7.97. The summed E-state index contributed by atoms with van der Waals surface area (Å²) in [5, 5.41) is 22.7. The maximum atomic E-state index is 13.4. The second kappa shape index (κ2) is 7.58. The highest BCUT2D eigenvalue weighted by molar-refractivity contribution is 6.48. The van der Waals surface area contributed by atoms with Gasteiger partial charge in [-0.05, 0) is 36.4 Å². The van der Waals surface area contributed by atoms with Gasteiger partial charge < -0.3 is 27.2 Å². The number of phenols is 1. The number of hydrogen-bond acceptors (Lipinski definition) is 8. The van der Waals surface area contributed by atoms with Gasteiger partial charge in [-0.15, -0.1) is 0 Å². The standard InChI is InChI=1S/C18H16FN7O2/c19-12-8-10(2-4-14(12)27)25-17(28)16(21)11-7-9(1-3-13(11)20)24-15-5-6-23-18(22)26-15/h1-8,21,27H,20H2,(H,25,28)(H3,22,23,24,26). The SMILES string of the molecule is N=C(C(=O)Nc1ccc(O)c(F)c1)c1cc(Nc2ccnc(N)n2)ccc1N. The summed E-state index contributed by atoms with van der Waals surface area (Å²) in [5.74, 6) is -1.70. The number of phenolic OH excluding ortho intramolecular Hbond substituents is 1. The summed E-state index contributed by atoms with van der Waals surface area (Å²) in [6, 6.07) is 9.64. The van der Waals surface area contributed by atoms with E-state index in [2.05, 4.69) is 20.6 Å². The molecule has 1 heterocycles. The highest BCUT2D eigenvalue weighted by Gasteiger charge is 2.16. The Hall–Kier alpha value is -4.21. The molecule has 0 spiro atoms. The van der Waals surface area contributed by atoms with Crippen LogP contribution in [0.15, 0.2) is 48.7 Å². The van der Waals surface area contributed by atoms with Crippen LogP contribution in [0.5, 0.6) is 5.75 Å². The quantitative estimate of drug-likeness (QED) is 0.224. The Morgan fingerprint density at radius 1 is 1.11 bits per heavy atom. The van der Waals surface area contributed by atoms with Crippen molar-refractivity contribution in [3.63, 3.8) is 0 Å². The molecule has 1 amide bonds. The molecule has 1 aromatic heterocycles. The van der Waals surface area contributed by atoms with Gasteiger partial charge in [-0.1, -0.05) is 0 Å². The smallest absolute Gasteiger partial charge is 0.274 e. The average molecular weight is 381 g/mol. The number of benzene rings is 2. The summed E-state index contributed by atoms with van der Waals surface area (Å²) >= 11 is 0. The molecule has 0 bridgehead atoms. The number of nitrogens with two attached hydrogens (primary N) is 2. The number of hydrogen-bond donors (Lipinski definition) is 6. The van der Waals surface area contributed by atoms with Crippen LogP contribution in [0.3, 0.4) is 0 Å². The number of aromatic nitrogens is 2. The zero-order valence-electron chi connectivity index (χ0n) is 14.4. The molecular formula is C18H16FN7O2. The number of aromatic hydroxyl groups is 1. The predicted molar refractivity (Wildman–Crippen MR) is 104 cm³/mol. The molecule has 0 aliphatic rings. The van der Waals surface area contributed by atoms with E-state index < -0.39 is 23.2 Å². The highest BCUT2D eigenvalue weighted by atomic mass is 19.1. The van der Waals surface area contributed by atoms with Crippen LogP contribution in [0.2, 0.25) is 0 Å². The second-order valence-corrected chi connectivity index (χ2v) is 5.72. The van der Waals surface area contributed by atoms with Crippen molar-refractivity contribution < 1.29 is 14.3 Å². The molecule has 0 aliphatic heterocycles. The maximum absolute atomic E-state index is 13.4. The summed E-state index contributed by atoms with van der Waals surface area (Å²) in [7, 11) is 0. The Morgan fingerprint density at radius 3 is 2.57 bits per heavy atom. The summed E-state index contributed by atoms with van der Waals surface area (Å²) in [5.41, 5.74) is 12.0. The lowest BCUT2D eigenvalue weighted by Crippen LogP contribution is -2.24. The first-order chi connectivity index (χ1) is 13.3. The van der Waals surface area contributed by atoms with E-state index in [9.17, 15) is 14.3 Å².